The molecule has 1 heterocycles. The van der Waals surface area contributed by atoms with Crippen molar-refractivity contribution in [2.24, 2.45) is 10.7 Å². The Kier molecular flexibility index (Phi) is 6.23. The second-order valence-corrected chi connectivity index (χ2v) is 6.36. The van der Waals surface area contributed by atoms with E-state index in [2.05, 4.69) is 22.1 Å². The predicted molar refractivity (Wildman–Crippen MR) is 89.1 cm³/mol. The fourth-order valence-corrected chi connectivity index (χ4v) is 3.44. The summed E-state index contributed by atoms with van der Waals surface area (Å²) >= 11 is 5.57. The van der Waals surface area contributed by atoms with Crippen LogP contribution in [0.5, 0.6) is 0 Å². The zero-order valence-corrected chi connectivity index (χ0v) is 13.4. The molecule has 114 valence electrons. The molecule has 0 spiro atoms. The van der Waals surface area contributed by atoms with Crippen molar-refractivity contribution in [1.82, 2.24) is 10.2 Å². The third-order valence-electron chi connectivity index (χ3n) is 4.34. The van der Waals surface area contributed by atoms with Gasteiger partial charge in [-0.25, -0.2) is 4.99 Å². The molecule has 1 fully saturated rings. The van der Waals surface area contributed by atoms with Crippen LogP contribution in [0.25, 0.3) is 0 Å². The van der Waals surface area contributed by atoms with Gasteiger partial charge in [-0.2, -0.15) is 0 Å². The van der Waals surface area contributed by atoms with Crippen LogP contribution in [0.3, 0.4) is 0 Å². The molecule has 4 nitrogen and oxygen atoms in total. The van der Waals surface area contributed by atoms with Crippen molar-refractivity contribution in [2.75, 3.05) is 13.1 Å². The Balaban J connectivity index is 1.99. The molecule has 1 unspecified atom stereocenters. The molecule has 0 radical (unpaired) electrons. The van der Waals surface area contributed by atoms with Crippen LogP contribution < -0.4 is 11.1 Å². The van der Waals surface area contributed by atoms with Crippen LogP contribution in [0.4, 0.5) is 0 Å². The summed E-state index contributed by atoms with van der Waals surface area (Å²) < 4.78 is 0. The van der Waals surface area contributed by atoms with Gasteiger partial charge in [0.05, 0.1) is 5.84 Å². The Morgan fingerprint density at radius 3 is 2.85 bits per heavy atom. The average molecular weight is 296 g/mol. The molecule has 2 rings (SSSR count). The van der Waals surface area contributed by atoms with Crippen molar-refractivity contribution in [3.05, 3.63) is 0 Å². The van der Waals surface area contributed by atoms with Crippen LogP contribution in [0.2, 0.25) is 0 Å². The number of rotatable bonds is 5. The Morgan fingerprint density at radius 1 is 1.40 bits per heavy atom. The second-order valence-electron chi connectivity index (χ2n) is 5.92. The minimum Gasteiger partial charge on any atom is -0.387 e. The normalized spacial score (nSPS) is 25.2. The van der Waals surface area contributed by atoms with Gasteiger partial charge in [0.1, 0.15) is 4.99 Å². The Bertz CT molecular complexity index is 350. The molecule has 0 amide bonds. The molecule has 1 aliphatic carbocycles. The molecule has 0 saturated heterocycles. The van der Waals surface area contributed by atoms with E-state index < -0.39 is 0 Å². The standard InChI is InChI=1S/C15H28N4S/c1-2-3-10-17-15(20)14-18-13(16)9-11-19(14)12-7-5-4-6-8-12/h12,14H,2-11H2,1H3,(H2,16,18)(H,17,20). The van der Waals surface area contributed by atoms with Gasteiger partial charge in [-0.05, 0) is 19.3 Å². The molecule has 5 heteroatoms. The highest BCUT2D eigenvalue weighted by Gasteiger charge is 2.32. The smallest absolute Gasteiger partial charge is 0.155 e. The average Bonchev–Trinajstić information content (AvgIpc) is 2.48. The number of hydrogen-bond donors (Lipinski definition) is 2. The molecule has 1 aliphatic heterocycles. The van der Waals surface area contributed by atoms with Crippen molar-refractivity contribution >= 4 is 23.0 Å². The lowest BCUT2D eigenvalue weighted by Gasteiger charge is -2.40. The molecule has 1 saturated carbocycles. The Hall–Kier alpha value is -0.680. The van der Waals surface area contributed by atoms with Crippen LogP contribution in [-0.2, 0) is 0 Å². The monoisotopic (exact) mass is 296 g/mol. The van der Waals surface area contributed by atoms with Crippen molar-refractivity contribution < 1.29 is 0 Å². The topological polar surface area (TPSA) is 53.6 Å². The molecule has 1 atom stereocenters. The van der Waals surface area contributed by atoms with E-state index in [9.17, 15) is 0 Å². The maximum absolute atomic E-state index is 5.95. The van der Waals surface area contributed by atoms with Crippen molar-refractivity contribution in [3.63, 3.8) is 0 Å². The number of nitrogens with zero attached hydrogens (tertiary/aromatic N) is 2. The van der Waals surface area contributed by atoms with Crippen LogP contribution >= 0.6 is 12.2 Å². The molecule has 20 heavy (non-hydrogen) atoms. The number of hydrogen-bond acceptors (Lipinski definition) is 4. The van der Waals surface area contributed by atoms with E-state index in [0.717, 1.165) is 36.8 Å². The van der Waals surface area contributed by atoms with E-state index in [1.165, 1.54) is 38.5 Å². The van der Waals surface area contributed by atoms with Gasteiger partial charge in [-0.1, -0.05) is 44.8 Å². The highest BCUT2D eigenvalue weighted by atomic mass is 32.1. The lowest BCUT2D eigenvalue weighted by Crippen LogP contribution is -2.54. The Morgan fingerprint density at radius 2 is 2.15 bits per heavy atom. The summed E-state index contributed by atoms with van der Waals surface area (Å²) in [4.78, 5) is 7.97. The van der Waals surface area contributed by atoms with E-state index >= 15 is 0 Å². The van der Waals surface area contributed by atoms with E-state index in [-0.39, 0.29) is 6.17 Å². The summed E-state index contributed by atoms with van der Waals surface area (Å²) in [6.45, 7) is 4.13. The maximum Gasteiger partial charge on any atom is 0.155 e. The molecular formula is C15H28N4S. The quantitative estimate of drug-likeness (QED) is 0.604. The molecule has 0 aromatic rings. The van der Waals surface area contributed by atoms with Crippen molar-refractivity contribution in [3.8, 4) is 0 Å². The third-order valence-corrected chi connectivity index (χ3v) is 4.69. The van der Waals surface area contributed by atoms with E-state index in [4.69, 9.17) is 18.0 Å². The summed E-state index contributed by atoms with van der Waals surface area (Å²) in [6.07, 6.45) is 9.79. The first kappa shape index (κ1) is 15.7. The summed E-state index contributed by atoms with van der Waals surface area (Å²) in [6, 6.07) is 0.636. The summed E-state index contributed by atoms with van der Waals surface area (Å²) in [5, 5.41) is 3.37. The van der Waals surface area contributed by atoms with Crippen molar-refractivity contribution in [2.45, 2.75) is 70.5 Å². The van der Waals surface area contributed by atoms with Gasteiger partial charge in [-0.15, -0.1) is 0 Å². The molecule has 2 aliphatic rings. The first-order chi connectivity index (χ1) is 9.72. The van der Waals surface area contributed by atoms with Gasteiger partial charge < -0.3 is 11.1 Å². The Labute approximate surface area is 128 Å². The summed E-state index contributed by atoms with van der Waals surface area (Å²) in [5.41, 5.74) is 5.95. The van der Waals surface area contributed by atoms with Crippen LogP contribution in [0.1, 0.15) is 58.3 Å². The fraction of sp³-hybridized carbons (Fsp3) is 0.867. The zero-order chi connectivity index (χ0) is 14.4. The number of amidine groups is 1. The minimum absolute atomic E-state index is 0.0290. The summed E-state index contributed by atoms with van der Waals surface area (Å²) in [5.74, 6) is 0.752. The van der Waals surface area contributed by atoms with E-state index in [1.54, 1.807) is 0 Å². The van der Waals surface area contributed by atoms with Gasteiger partial charge in [0.2, 0.25) is 0 Å². The lowest BCUT2D eigenvalue weighted by atomic mass is 9.93. The molecule has 0 aromatic heterocycles. The number of thiocarbonyl (C=S) groups is 1. The number of nitrogens with two attached hydrogens (primary N) is 1. The molecule has 0 aromatic carbocycles. The van der Waals surface area contributed by atoms with Crippen LogP contribution in [0, 0.1) is 0 Å². The zero-order valence-electron chi connectivity index (χ0n) is 12.6. The number of nitrogens with one attached hydrogen (secondary N) is 1. The van der Waals surface area contributed by atoms with Gasteiger partial charge in [-0.3, -0.25) is 4.90 Å². The first-order valence-corrected chi connectivity index (χ1v) is 8.48. The highest BCUT2D eigenvalue weighted by Crippen LogP contribution is 2.26. The van der Waals surface area contributed by atoms with Gasteiger partial charge in [0, 0.05) is 25.6 Å². The van der Waals surface area contributed by atoms with Crippen LogP contribution in [0.15, 0.2) is 4.99 Å². The predicted octanol–water partition coefficient (Wildman–Crippen LogP) is 2.43. The lowest BCUT2D eigenvalue weighted by molar-refractivity contribution is 0.134. The third kappa shape index (κ3) is 4.16. The van der Waals surface area contributed by atoms with Gasteiger partial charge >= 0.3 is 0 Å². The first-order valence-electron chi connectivity index (χ1n) is 8.08. The number of unbranched alkanes of at least 4 members (excludes halogenated alkanes) is 1. The summed E-state index contributed by atoms with van der Waals surface area (Å²) in [7, 11) is 0. The minimum atomic E-state index is -0.0290. The van der Waals surface area contributed by atoms with E-state index in [1.807, 2.05) is 0 Å². The SMILES string of the molecule is CCCCNC(=S)C1N=C(N)CCN1C1CCCCC1. The highest BCUT2D eigenvalue weighted by molar-refractivity contribution is 7.80. The largest absolute Gasteiger partial charge is 0.387 e. The molecular weight excluding hydrogens is 268 g/mol. The molecule has 0 bridgehead atoms. The van der Waals surface area contributed by atoms with Gasteiger partial charge in [0.15, 0.2) is 6.17 Å². The molecule has 3 N–H and O–H groups in total. The van der Waals surface area contributed by atoms with E-state index in [0.29, 0.717) is 6.04 Å². The van der Waals surface area contributed by atoms with Gasteiger partial charge in [0.25, 0.3) is 0 Å². The van der Waals surface area contributed by atoms with Crippen LogP contribution in [-0.4, -0.2) is 41.0 Å². The maximum atomic E-state index is 5.95. The van der Waals surface area contributed by atoms with Crippen molar-refractivity contribution in [1.29, 1.82) is 0 Å². The second kappa shape index (κ2) is 7.93. The fourth-order valence-electron chi connectivity index (χ4n) is 3.15. The number of aliphatic imine (C=N–C) groups is 1.